The van der Waals surface area contributed by atoms with Crippen LogP contribution < -0.4 is 16.2 Å². The molecule has 1 aliphatic heterocycles. The Balaban J connectivity index is 1.86. The molecular formula is C16H16N10O3S2. The number of tetrazole rings is 1. The first-order valence-electron chi connectivity index (χ1n) is 9.01. The maximum atomic E-state index is 13.2. The largest absolute Gasteiger partial charge is 0.366 e. The van der Waals surface area contributed by atoms with Gasteiger partial charge in [0.25, 0.3) is 0 Å². The molecule has 1 unspecified atom stereocenters. The maximum absolute atomic E-state index is 13.2. The van der Waals surface area contributed by atoms with Gasteiger partial charge in [0, 0.05) is 18.7 Å². The summed E-state index contributed by atoms with van der Waals surface area (Å²) in [5.74, 6) is 0.102. The number of nitrogens with zero attached hydrogens (tertiary/aromatic N) is 6. The summed E-state index contributed by atoms with van der Waals surface area (Å²) in [5.41, 5.74) is 7.34. The molecule has 1 saturated heterocycles. The zero-order valence-electron chi connectivity index (χ0n) is 15.8. The fraction of sp³-hybridized carbons (Fsp3) is 0.188. The second kappa shape index (κ2) is 7.16. The van der Waals surface area contributed by atoms with E-state index in [-0.39, 0.29) is 27.1 Å². The van der Waals surface area contributed by atoms with E-state index in [2.05, 4.69) is 36.0 Å². The number of anilines is 1. The molecule has 31 heavy (non-hydrogen) atoms. The lowest BCUT2D eigenvalue weighted by atomic mass is 10.0. The first-order chi connectivity index (χ1) is 14.9. The van der Waals surface area contributed by atoms with Crippen LogP contribution in [0.1, 0.15) is 0 Å². The number of benzene rings is 1. The lowest BCUT2D eigenvalue weighted by molar-refractivity contribution is 0.494. The van der Waals surface area contributed by atoms with Crippen molar-refractivity contribution in [3.63, 3.8) is 0 Å². The van der Waals surface area contributed by atoms with Crippen molar-refractivity contribution in [2.45, 2.75) is 15.0 Å². The molecule has 1 aliphatic rings. The number of fused-ring (bicyclic) bond motifs is 1. The number of aromatic amines is 1. The molecule has 15 heteroatoms. The van der Waals surface area contributed by atoms with Crippen LogP contribution in [0.25, 0.3) is 28.3 Å². The highest BCUT2D eigenvalue weighted by molar-refractivity contribution is 7.93. The molecule has 3 aromatic heterocycles. The number of H-pyrrole nitrogens is 1. The third-order valence-electron chi connectivity index (χ3n) is 5.03. The highest BCUT2D eigenvalue weighted by atomic mass is 32.2. The molecule has 6 N–H and O–H groups in total. The van der Waals surface area contributed by atoms with Crippen LogP contribution in [0.5, 0.6) is 0 Å². The van der Waals surface area contributed by atoms with Crippen LogP contribution in [-0.4, -0.2) is 66.2 Å². The van der Waals surface area contributed by atoms with Crippen LogP contribution >= 0.6 is 0 Å². The van der Waals surface area contributed by atoms with Gasteiger partial charge in [-0.05, 0) is 23.4 Å². The van der Waals surface area contributed by atoms with Crippen LogP contribution in [-0.2, 0) is 20.8 Å². The number of nitrogen functional groups attached to an aromatic ring is 1. The van der Waals surface area contributed by atoms with Crippen LogP contribution in [0.15, 0.2) is 40.1 Å². The Morgan fingerprint density at radius 2 is 2.00 bits per heavy atom. The van der Waals surface area contributed by atoms with Crippen LogP contribution in [0, 0.1) is 0 Å². The number of sulfone groups is 1. The van der Waals surface area contributed by atoms with E-state index >= 15 is 0 Å². The molecule has 4 heterocycles. The number of pyridine rings is 1. The molecule has 13 nitrogen and oxygen atoms in total. The van der Waals surface area contributed by atoms with Crippen molar-refractivity contribution in [2.75, 3.05) is 18.8 Å². The average molecular weight is 461 g/mol. The van der Waals surface area contributed by atoms with E-state index in [1.807, 2.05) is 0 Å². The second-order valence-corrected chi connectivity index (χ2v) is 10.0. The van der Waals surface area contributed by atoms with Gasteiger partial charge in [0.2, 0.25) is 11.8 Å². The summed E-state index contributed by atoms with van der Waals surface area (Å²) in [5, 5.41) is 26.2. The Kier molecular flexibility index (Phi) is 4.54. The first-order valence-corrected chi connectivity index (χ1v) is 11.8. The predicted octanol–water partition coefficient (Wildman–Crippen LogP) is -1.11. The monoisotopic (exact) mass is 460 g/mol. The smallest absolute Gasteiger partial charge is 0.240 e. The summed E-state index contributed by atoms with van der Waals surface area (Å²) in [4.78, 5) is 3.91. The Morgan fingerprint density at radius 1 is 1.19 bits per heavy atom. The van der Waals surface area contributed by atoms with Crippen molar-refractivity contribution in [1.29, 1.82) is 0 Å². The average Bonchev–Trinajstić information content (AvgIpc) is 3.33. The van der Waals surface area contributed by atoms with E-state index in [1.54, 1.807) is 24.3 Å². The Hall–Kier alpha value is -3.27. The summed E-state index contributed by atoms with van der Waals surface area (Å²) in [6.07, 6.45) is 0. The molecule has 0 radical (unpaired) electrons. The van der Waals surface area contributed by atoms with Gasteiger partial charge in [-0.3, -0.25) is 0 Å². The summed E-state index contributed by atoms with van der Waals surface area (Å²) in [6.45, 7) is 0.603. The molecule has 5 rings (SSSR count). The highest BCUT2D eigenvalue weighted by Gasteiger charge is 2.37. The second-order valence-electron chi connectivity index (χ2n) is 6.82. The van der Waals surface area contributed by atoms with Crippen LogP contribution in [0.3, 0.4) is 0 Å². The summed E-state index contributed by atoms with van der Waals surface area (Å²) in [6, 6.07) is 8.15. The molecule has 1 fully saturated rings. The summed E-state index contributed by atoms with van der Waals surface area (Å²) >= 11 is 0. The van der Waals surface area contributed by atoms with Gasteiger partial charge < -0.3 is 11.1 Å². The lowest BCUT2D eigenvalue weighted by Crippen LogP contribution is -2.51. The molecule has 160 valence electrons. The molecule has 1 atom stereocenters. The third-order valence-corrected chi connectivity index (χ3v) is 8.15. The van der Waals surface area contributed by atoms with E-state index in [0.29, 0.717) is 30.0 Å². The Morgan fingerprint density at radius 3 is 2.65 bits per heavy atom. The van der Waals surface area contributed by atoms with Crippen molar-refractivity contribution < 1.29 is 12.6 Å². The molecule has 4 aromatic rings. The van der Waals surface area contributed by atoms with Crippen LogP contribution in [0.2, 0.25) is 0 Å². The summed E-state index contributed by atoms with van der Waals surface area (Å²) < 4.78 is 40.5. The molecule has 0 saturated carbocycles. The maximum Gasteiger partial charge on any atom is 0.240 e. The van der Waals surface area contributed by atoms with Crippen molar-refractivity contribution >= 4 is 32.4 Å². The highest BCUT2D eigenvalue weighted by Crippen LogP contribution is 2.39. The van der Waals surface area contributed by atoms with Gasteiger partial charge in [-0.25, -0.2) is 22.3 Å². The molecule has 1 aromatic carbocycles. The quantitative estimate of drug-likeness (QED) is 0.283. The van der Waals surface area contributed by atoms with E-state index < -0.39 is 26.1 Å². The predicted molar refractivity (Wildman–Crippen MR) is 110 cm³/mol. The SMILES string of the molecule is Nc1nc2cccc(-c3ccc(S(=O)(=O)C4CNC4)c(S(N)=O)c3-c3nn[nH]n3)n2n1. The Labute approximate surface area is 177 Å². The fourth-order valence-electron chi connectivity index (χ4n) is 3.48. The Bertz CT molecular complexity index is 1430. The minimum atomic E-state index is -3.81. The van der Waals surface area contributed by atoms with E-state index in [9.17, 15) is 12.6 Å². The number of hydrogen-bond donors (Lipinski definition) is 4. The summed E-state index contributed by atoms with van der Waals surface area (Å²) in [7, 11) is -5.99. The molecule has 0 spiro atoms. The fourth-order valence-corrected chi connectivity index (χ4v) is 6.39. The van der Waals surface area contributed by atoms with Crippen molar-refractivity contribution in [2.24, 2.45) is 5.14 Å². The minimum Gasteiger partial charge on any atom is -0.366 e. The molecular weight excluding hydrogens is 444 g/mol. The van der Waals surface area contributed by atoms with Gasteiger partial charge >= 0.3 is 0 Å². The van der Waals surface area contributed by atoms with Crippen molar-refractivity contribution in [1.82, 2.24) is 40.5 Å². The number of aromatic nitrogens is 7. The van der Waals surface area contributed by atoms with Gasteiger partial charge in [-0.1, -0.05) is 12.1 Å². The lowest BCUT2D eigenvalue weighted by Gasteiger charge is -2.28. The van der Waals surface area contributed by atoms with E-state index in [0.717, 1.165) is 0 Å². The van der Waals surface area contributed by atoms with E-state index in [4.69, 9.17) is 10.9 Å². The van der Waals surface area contributed by atoms with Crippen molar-refractivity contribution in [3.05, 3.63) is 30.3 Å². The number of rotatable bonds is 5. The molecule has 0 bridgehead atoms. The topological polar surface area (TPSA) is 200 Å². The third kappa shape index (κ3) is 3.09. The number of nitrogens with one attached hydrogen (secondary N) is 2. The van der Waals surface area contributed by atoms with Gasteiger partial charge in [0.15, 0.2) is 15.5 Å². The van der Waals surface area contributed by atoms with Gasteiger partial charge in [-0.15, -0.1) is 15.3 Å². The van der Waals surface area contributed by atoms with Crippen molar-refractivity contribution in [3.8, 4) is 22.6 Å². The minimum absolute atomic E-state index is 0.0395. The standard InChI is InChI=1S/C16H16N10O3S2/c17-16-20-12-3-1-2-10(26(12)23-16)9-4-5-11(31(28,29)8-6-19-7-8)14(30(18)27)13(9)15-21-24-25-22-15/h1-5,8,19H,6-7,18H2,(H2,17,23)(H,21,22,24,25). The number of nitrogens with two attached hydrogens (primary N) is 2. The zero-order chi connectivity index (χ0) is 21.8. The van der Waals surface area contributed by atoms with Gasteiger partial charge in [0.1, 0.15) is 11.0 Å². The molecule has 0 aliphatic carbocycles. The van der Waals surface area contributed by atoms with Gasteiger partial charge in [-0.2, -0.15) is 10.2 Å². The first kappa shape index (κ1) is 19.7. The van der Waals surface area contributed by atoms with E-state index in [1.165, 1.54) is 10.6 Å². The zero-order valence-corrected chi connectivity index (χ0v) is 17.4. The normalized spacial score (nSPS) is 15.8. The number of hydrogen-bond acceptors (Lipinski definition) is 10. The van der Waals surface area contributed by atoms with Crippen LogP contribution in [0.4, 0.5) is 5.95 Å². The van der Waals surface area contributed by atoms with Gasteiger partial charge in [0.05, 0.1) is 26.3 Å². The molecule has 0 amide bonds.